The number of anilines is 1. The number of nitriles is 1. The number of benzene rings is 1. The molecular formula is C10H8N6O2. The second kappa shape index (κ2) is 4.92. The van der Waals surface area contributed by atoms with Gasteiger partial charge in [0.25, 0.3) is 11.7 Å². The number of hydrogen-bond donors (Lipinski definition) is 2. The summed E-state index contributed by atoms with van der Waals surface area (Å²) in [6.07, 6.45) is 0. The molecule has 2 N–H and O–H groups in total. The maximum Gasteiger partial charge on any atom is 0.297 e. The second-order valence-corrected chi connectivity index (χ2v) is 3.22. The summed E-state index contributed by atoms with van der Waals surface area (Å²) in [5.74, 6) is -0.223. The maximum absolute atomic E-state index is 11.7. The third kappa shape index (κ3) is 2.25. The van der Waals surface area contributed by atoms with Gasteiger partial charge in [-0.2, -0.15) is 10.5 Å². The lowest BCUT2D eigenvalue weighted by atomic mass is 10.2. The van der Waals surface area contributed by atoms with Gasteiger partial charge >= 0.3 is 0 Å². The fourth-order valence-corrected chi connectivity index (χ4v) is 1.30. The molecule has 0 fully saturated rings. The van der Waals surface area contributed by atoms with Crippen LogP contribution in [0.4, 0.5) is 5.69 Å². The number of nitrogens with zero attached hydrogens (tertiary/aromatic N) is 4. The quantitative estimate of drug-likeness (QED) is 0.803. The number of carbonyl (C=O) groups is 1. The minimum absolute atomic E-state index is 0.0820. The van der Waals surface area contributed by atoms with Crippen molar-refractivity contribution in [3.8, 4) is 11.8 Å². The Labute approximate surface area is 102 Å². The molecule has 2 aromatic rings. The van der Waals surface area contributed by atoms with Crippen LogP contribution in [0.2, 0.25) is 0 Å². The van der Waals surface area contributed by atoms with Crippen molar-refractivity contribution in [3.63, 3.8) is 0 Å². The molecule has 1 amide bonds. The number of ether oxygens (including phenoxy) is 1. The molecule has 0 unspecified atom stereocenters. The van der Waals surface area contributed by atoms with Crippen LogP contribution in [0.5, 0.6) is 5.75 Å². The Morgan fingerprint density at radius 3 is 3.00 bits per heavy atom. The van der Waals surface area contributed by atoms with E-state index in [0.29, 0.717) is 17.0 Å². The van der Waals surface area contributed by atoms with Crippen molar-refractivity contribution in [2.45, 2.75) is 0 Å². The number of rotatable bonds is 3. The molecule has 90 valence electrons. The molecule has 8 nitrogen and oxygen atoms in total. The maximum atomic E-state index is 11.7. The minimum Gasteiger partial charge on any atom is -0.495 e. The first-order valence-corrected chi connectivity index (χ1v) is 4.87. The lowest BCUT2D eigenvalue weighted by Crippen LogP contribution is -2.14. The van der Waals surface area contributed by atoms with E-state index in [4.69, 9.17) is 10.00 Å². The van der Waals surface area contributed by atoms with E-state index in [2.05, 4.69) is 25.9 Å². The van der Waals surface area contributed by atoms with Crippen LogP contribution >= 0.6 is 0 Å². The van der Waals surface area contributed by atoms with Crippen LogP contribution in [-0.2, 0) is 0 Å². The summed E-state index contributed by atoms with van der Waals surface area (Å²) in [5, 5.41) is 23.9. The van der Waals surface area contributed by atoms with Gasteiger partial charge in [0.1, 0.15) is 5.75 Å². The zero-order valence-corrected chi connectivity index (χ0v) is 9.34. The minimum atomic E-state index is -0.522. The SMILES string of the molecule is COc1cc(C#N)ccc1NC(=O)c1nn[nH]n1. The van der Waals surface area contributed by atoms with Gasteiger partial charge in [-0.3, -0.25) is 4.79 Å². The Bertz CT molecular complexity index is 601. The van der Waals surface area contributed by atoms with E-state index < -0.39 is 5.91 Å². The van der Waals surface area contributed by atoms with Gasteiger partial charge in [0, 0.05) is 6.07 Å². The molecule has 0 spiro atoms. The van der Waals surface area contributed by atoms with Crippen LogP contribution in [0, 0.1) is 11.3 Å². The first kappa shape index (κ1) is 11.5. The number of amides is 1. The van der Waals surface area contributed by atoms with Crippen LogP contribution in [0.15, 0.2) is 18.2 Å². The molecule has 0 saturated carbocycles. The Morgan fingerprint density at radius 1 is 1.56 bits per heavy atom. The number of nitrogens with one attached hydrogen (secondary N) is 2. The van der Waals surface area contributed by atoms with Gasteiger partial charge in [0.15, 0.2) is 0 Å². The number of aromatic nitrogens is 4. The topological polar surface area (TPSA) is 117 Å². The predicted octanol–water partition coefficient (Wildman–Crippen LogP) is 0.332. The molecule has 0 bridgehead atoms. The number of tetrazole rings is 1. The number of H-pyrrole nitrogens is 1. The molecule has 2 rings (SSSR count). The molecule has 1 aromatic heterocycles. The molecule has 0 radical (unpaired) electrons. The Balaban J connectivity index is 2.24. The summed E-state index contributed by atoms with van der Waals surface area (Å²) in [7, 11) is 1.44. The highest BCUT2D eigenvalue weighted by Crippen LogP contribution is 2.25. The molecule has 0 aliphatic rings. The van der Waals surface area contributed by atoms with E-state index >= 15 is 0 Å². The van der Waals surface area contributed by atoms with Crippen molar-refractivity contribution in [1.82, 2.24) is 20.6 Å². The van der Waals surface area contributed by atoms with E-state index in [-0.39, 0.29) is 5.82 Å². The fraction of sp³-hybridized carbons (Fsp3) is 0.100. The van der Waals surface area contributed by atoms with Crippen molar-refractivity contribution < 1.29 is 9.53 Å². The van der Waals surface area contributed by atoms with Crippen LogP contribution in [0.1, 0.15) is 16.2 Å². The van der Waals surface area contributed by atoms with Crippen LogP contribution in [0.25, 0.3) is 0 Å². The molecular weight excluding hydrogens is 236 g/mol. The summed E-state index contributed by atoms with van der Waals surface area (Å²) in [6.45, 7) is 0. The number of carbonyl (C=O) groups excluding carboxylic acids is 1. The lowest BCUT2D eigenvalue weighted by molar-refractivity contribution is 0.101. The molecule has 1 aromatic carbocycles. The third-order valence-electron chi connectivity index (χ3n) is 2.13. The third-order valence-corrected chi connectivity index (χ3v) is 2.13. The van der Waals surface area contributed by atoms with Crippen molar-refractivity contribution in [3.05, 3.63) is 29.6 Å². The van der Waals surface area contributed by atoms with Gasteiger partial charge in [-0.1, -0.05) is 0 Å². The van der Waals surface area contributed by atoms with Gasteiger partial charge in [-0.25, -0.2) is 0 Å². The molecule has 8 heteroatoms. The van der Waals surface area contributed by atoms with E-state index in [1.54, 1.807) is 12.1 Å². The summed E-state index contributed by atoms with van der Waals surface area (Å²) in [6, 6.07) is 6.63. The number of methoxy groups -OCH3 is 1. The molecule has 0 atom stereocenters. The number of aromatic amines is 1. The molecule has 0 saturated heterocycles. The smallest absolute Gasteiger partial charge is 0.297 e. The van der Waals surface area contributed by atoms with Gasteiger partial charge in [0.2, 0.25) is 0 Å². The van der Waals surface area contributed by atoms with Gasteiger partial charge < -0.3 is 10.1 Å². The van der Waals surface area contributed by atoms with Crippen LogP contribution in [-0.4, -0.2) is 33.6 Å². The Kier molecular flexibility index (Phi) is 3.15. The zero-order valence-electron chi connectivity index (χ0n) is 9.34. The first-order valence-electron chi connectivity index (χ1n) is 4.87. The number of hydrogen-bond acceptors (Lipinski definition) is 6. The summed E-state index contributed by atoms with van der Waals surface area (Å²) >= 11 is 0. The van der Waals surface area contributed by atoms with Crippen molar-refractivity contribution in [2.75, 3.05) is 12.4 Å². The van der Waals surface area contributed by atoms with Crippen LogP contribution < -0.4 is 10.1 Å². The monoisotopic (exact) mass is 244 g/mol. The normalized spacial score (nSPS) is 9.56. The summed E-state index contributed by atoms with van der Waals surface area (Å²) < 4.78 is 5.08. The molecule has 0 aliphatic carbocycles. The first-order chi connectivity index (χ1) is 8.74. The average molecular weight is 244 g/mol. The summed E-state index contributed by atoms with van der Waals surface area (Å²) in [4.78, 5) is 11.7. The van der Waals surface area contributed by atoms with Crippen molar-refractivity contribution in [1.29, 1.82) is 5.26 Å². The standard InChI is InChI=1S/C10H8N6O2/c1-18-8-4-6(5-11)2-3-7(8)12-10(17)9-13-15-16-14-9/h2-4H,1H3,(H,12,17)(H,13,14,15,16). The van der Waals surface area contributed by atoms with Crippen LogP contribution in [0.3, 0.4) is 0 Å². The largest absolute Gasteiger partial charge is 0.495 e. The Morgan fingerprint density at radius 2 is 2.39 bits per heavy atom. The molecule has 18 heavy (non-hydrogen) atoms. The van der Waals surface area contributed by atoms with E-state index in [1.807, 2.05) is 6.07 Å². The Hall–Kier alpha value is -2.95. The van der Waals surface area contributed by atoms with E-state index in [1.165, 1.54) is 13.2 Å². The fourth-order valence-electron chi connectivity index (χ4n) is 1.30. The highest BCUT2D eigenvalue weighted by atomic mass is 16.5. The highest BCUT2D eigenvalue weighted by Gasteiger charge is 2.13. The second-order valence-electron chi connectivity index (χ2n) is 3.22. The van der Waals surface area contributed by atoms with E-state index in [0.717, 1.165) is 0 Å². The summed E-state index contributed by atoms with van der Waals surface area (Å²) in [5.41, 5.74) is 0.857. The average Bonchev–Trinajstić information content (AvgIpc) is 2.93. The van der Waals surface area contributed by atoms with Gasteiger partial charge in [-0.05, 0) is 17.3 Å². The zero-order chi connectivity index (χ0) is 13.0. The van der Waals surface area contributed by atoms with Crippen molar-refractivity contribution in [2.24, 2.45) is 0 Å². The van der Waals surface area contributed by atoms with E-state index in [9.17, 15) is 4.79 Å². The highest BCUT2D eigenvalue weighted by molar-refractivity contribution is 6.02. The van der Waals surface area contributed by atoms with Gasteiger partial charge in [-0.15, -0.1) is 10.2 Å². The predicted molar refractivity (Wildman–Crippen MR) is 59.8 cm³/mol. The lowest BCUT2D eigenvalue weighted by Gasteiger charge is -2.08. The molecule has 1 heterocycles. The van der Waals surface area contributed by atoms with Crippen molar-refractivity contribution >= 4 is 11.6 Å². The van der Waals surface area contributed by atoms with Gasteiger partial charge in [0.05, 0.1) is 24.4 Å². The molecule has 0 aliphatic heterocycles.